The van der Waals surface area contributed by atoms with Gasteiger partial charge < -0.3 is 0 Å². The topological polar surface area (TPSA) is 90.2 Å². The van der Waals surface area contributed by atoms with E-state index in [0.717, 1.165) is 0 Å². The van der Waals surface area contributed by atoms with Crippen LogP contribution in [-0.4, -0.2) is 18.3 Å². The molecule has 0 bridgehead atoms. The zero-order valence-corrected chi connectivity index (χ0v) is 10.8. The summed E-state index contributed by atoms with van der Waals surface area (Å²) in [5.74, 6) is 0. The van der Waals surface area contributed by atoms with Crippen LogP contribution in [0.25, 0.3) is 0 Å². The Balaban J connectivity index is 3.80. The van der Waals surface area contributed by atoms with Crippen LogP contribution in [0.2, 0.25) is 0 Å². The van der Waals surface area contributed by atoms with Gasteiger partial charge in [0.2, 0.25) is 0 Å². The van der Waals surface area contributed by atoms with Crippen molar-refractivity contribution in [3.8, 4) is 0 Å². The van der Waals surface area contributed by atoms with Gasteiger partial charge in [-0.3, -0.25) is 10.1 Å². The molecule has 1 rings (SSSR count). The van der Waals surface area contributed by atoms with E-state index in [2.05, 4.69) is 20.9 Å². The van der Waals surface area contributed by atoms with Crippen LogP contribution in [-0.2, 0) is 9.05 Å². The van der Waals surface area contributed by atoms with E-state index in [0.29, 0.717) is 6.20 Å². The van der Waals surface area contributed by atoms with Gasteiger partial charge in [-0.15, -0.1) is 0 Å². The molecule has 0 unspecified atom stereocenters. The average Bonchev–Trinajstić information content (AvgIpc) is 2.14. The summed E-state index contributed by atoms with van der Waals surface area (Å²) < 4.78 is 46.8. The van der Waals surface area contributed by atoms with E-state index in [1.807, 2.05) is 0 Å². The van der Waals surface area contributed by atoms with Crippen molar-refractivity contribution >= 4 is 41.4 Å². The fourth-order valence-electron chi connectivity index (χ4n) is 1.04. The third kappa shape index (κ3) is 2.87. The maximum Gasteiger partial charge on any atom is 0.317 e. The highest BCUT2D eigenvalue weighted by Gasteiger charge is 2.35. The Morgan fingerprint density at radius 3 is 2.41 bits per heavy atom. The van der Waals surface area contributed by atoms with Crippen LogP contribution in [0.1, 0.15) is 12.1 Å². The summed E-state index contributed by atoms with van der Waals surface area (Å²) in [6, 6.07) is 0. The largest absolute Gasteiger partial charge is 0.317 e. The smallest absolute Gasteiger partial charge is 0.258 e. The lowest BCUT2D eigenvalue weighted by Crippen LogP contribution is -2.06. The van der Waals surface area contributed by atoms with Crippen LogP contribution in [0, 0.1) is 10.1 Å². The maximum absolute atomic E-state index is 12.5. The summed E-state index contributed by atoms with van der Waals surface area (Å²) in [5, 5.41) is 10.6. The molecule has 0 saturated heterocycles. The number of nitro groups is 1. The van der Waals surface area contributed by atoms with Crippen LogP contribution >= 0.6 is 26.6 Å². The Morgan fingerprint density at radius 1 is 1.53 bits per heavy atom. The molecule has 0 aromatic carbocycles. The average molecular weight is 352 g/mol. The molecule has 0 amide bonds. The van der Waals surface area contributed by atoms with Gasteiger partial charge in [-0.1, -0.05) is 0 Å². The predicted molar refractivity (Wildman–Crippen MR) is 56.6 cm³/mol. The van der Waals surface area contributed by atoms with Crippen molar-refractivity contribution in [2.24, 2.45) is 0 Å². The minimum absolute atomic E-state index is 0.358. The fraction of sp³-hybridized carbons (Fsp3) is 0.167. The lowest BCUT2D eigenvalue weighted by atomic mass is 10.3. The lowest BCUT2D eigenvalue weighted by Gasteiger charge is -2.05. The summed E-state index contributed by atoms with van der Waals surface area (Å²) in [6.45, 7) is 0. The van der Waals surface area contributed by atoms with Crippen molar-refractivity contribution < 1.29 is 22.1 Å². The Kier molecular flexibility index (Phi) is 3.99. The molecule has 0 atom stereocenters. The first-order valence-corrected chi connectivity index (χ1v) is 6.82. The first kappa shape index (κ1) is 14.2. The van der Waals surface area contributed by atoms with E-state index in [4.69, 9.17) is 10.7 Å². The maximum atomic E-state index is 12.5. The molecule has 0 aliphatic heterocycles. The molecule has 11 heteroatoms. The van der Waals surface area contributed by atoms with E-state index < -0.39 is 36.7 Å². The second-order valence-corrected chi connectivity index (χ2v) is 6.02. The molecule has 1 heterocycles. The summed E-state index contributed by atoms with van der Waals surface area (Å²) in [7, 11) is 0.400. The van der Waals surface area contributed by atoms with Crippen molar-refractivity contribution in [3.63, 3.8) is 0 Å². The minimum Gasteiger partial charge on any atom is -0.258 e. The molecular formula is C6H2BrClF2N2O4S. The van der Waals surface area contributed by atoms with Crippen molar-refractivity contribution in [1.29, 1.82) is 0 Å². The zero-order valence-electron chi connectivity index (χ0n) is 7.60. The van der Waals surface area contributed by atoms with Gasteiger partial charge in [0.15, 0.2) is 10.6 Å². The van der Waals surface area contributed by atoms with Crippen molar-refractivity contribution in [2.45, 2.75) is 11.3 Å². The molecule has 0 spiro atoms. The number of hydrogen-bond acceptors (Lipinski definition) is 5. The monoisotopic (exact) mass is 350 g/mol. The van der Waals surface area contributed by atoms with Crippen LogP contribution < -0.4 is 0 Å². The lowest BCUT2D eigenvalue weighted by molar-refractivity contribution is -0.389. The summed E-state index contributed by atoms with van der Waals surface area (Å²) in [4.78, 5) is 11.4. The predicted octanol–water partition coefficient (Wildman–Crippen LogP) is 2.62. The molecule has 0 aliphatic carbocycles. The molecular weight excluding hydrogens is 349 g/mol. The van der Waals surface area contributed by atoms with Gasteiger partial charge in [0.1, 0.15) is 0 Å². The number of hydrogen-bond donors (Lipinski definition) is 0. The van der Waals surface area contributed by atoms with Crippen LogP contribution in [0.4, 0.5) is 14.5 Å². The molecule has 17 heavy (non-hydrogen) atoms. The first-order chi connectivity index (χ1) is 7.66. The molecule has 0 saturated carbocycles. The second kappa shape index (κ2) is 4.78. The van der Waals surface area contributed by atoms with Crippen molar-refractivity contribution in [2.75, 3.05) is 0 Å². The highest BCUT2D eigenvalue weighted by atomic mass is 79.9. The zero-order chi connectivity index (χ0) is 13.4. The fourth-order valence-corrected chi connectivity index (χ4v) is 3.42. The molecule has 0 radical (unpaired) electrons. The summed E-state index contributed by atoms with van der Waals surface area (Å²) in [6.07, 6.45) is -2.58. The number of rotatable bonds is 3. The molecule has 0 N–H and O–H groups in total. The van der Waals surface area contributed by atoms with Gasteiger partial charge in [-0.05, 0) is 15.9 Å². The van der Waals surface area contributed by atoms with E-state index in [9.17, 15) is 27.3 Å². The molecule has 6 nitrogen and oxygen atoms in total. The third-order valence-corrected chi connectivity index (χ3v) is 3.85. The number of aromatic nitrogens is 1. The highest BCUT2D eigenvalue weighted by Crippen LogP contribution is 2.38. The Hall–Kier alpha value is -0.870. The van der Waals surface area contributed by atoms with Crippen LogP contribution in [0.3, 0.4) is 0 Å². The minimum atomic E-state index is -4.55. The number of pyridine rings is 1. The van der Waals surface area contributed by atoms with Crippen molar-refractivity contribution in [1.82, 2.24) is 4.98 Å². The highest BCUT2D eigenvalue weighted by molar-refractivity contribution is 9.10. The van der Waals surface area contributed by atoms with Gasteiger partial charge in [0.05, 0.1) is 9.40 Å². The van der Waals surface area contributed by atoms with Crippen molar-refractivity contribution in [3.05, 3.63) is 26.5 Å². The quantitative estimate of drug-likeness (QED) is 0.474. The number of alkyl halides is 2. The molecule has 1 aromatic heterocycles. The Morgan fingerprint density at radius 2 is 2.06 bits per heavy atom. The summed E-state index contributed by atoms with van der Waals surface area (Å²) in [5.41, 5.74) is -2.58. The molecule has 1 aromatic rings. The van der Waals surface area contributed by atoms with E-state index in [-0.39, 0.29) is 4.47 Å². The summed E-state index contributed by atoms with van der Waals surface area (Å²) >= 11 is 2.66. The van der Waals surface area contributed by atoms with Gasteiger partial charge >= 0.3 is 5.69 Å². The SMILES string of the molecule is O=[N+]([O-])c1c(C(F)F)ncc(Br)c1S(=O)(=O)Cl. The second-order valence-electron chi connectivity index (χ2n) is 2.66. The number of nitrogens with zero attached hydrogens (tertiary/aromatic N) is 2. The van der Waals surface area contributed by atoms with Gasteiger partial charge in [-0.25, -0.2) is 22.2 Å². The standard InChI is InChI=1S/C6H2BrClF2N2O4S/c7-2-1-11-3(6(9)10)4(12(13)14)5(2)17(8,15)16/h1,6H. The van der Waals surface area contributed by atoms with E-state index in [1.54, 1.807) is 0 Å². The Labute approximate surface area is 106 Å². The number of halogens is 4. The van der Waals surface area contributed by atoms with E-state index >= 15 is 0 Å². The Bertz CT molecular complexity index is 580. The first-order valence-electron chi connectivity index (χ1n) is 3.72. The molecule has 0 aliphatic rings. The van der Waals surface area contributed by atoms with Gasteiger partial charge in [0, 0.05) is 16.9 Å². The van der Waals surface area contributed by atoms with Crippen LogP contribution in [0.5, 0.6) is 0 Å². The molecule has 94 valence electrons. The van der Waals surface area contributed by atoms with Gasteiger partial charge in [0.25, 0.3) is 15.5 Å². The van der Waals surface area contributed by atoms with Gasteiger partial charge in [-0.2, -0.15) is 0 Å². The molecule has 0 fully saturated rings. The van der Waals surface area contributed by atoms with E-state index in [1.165, 1.54) is 0 Å². The van der Waals surface area contributed by atoms with Crippen LogP contribution in [0.15, 0.2) is 15.6 Å². The third-order valence-electron chi connectivity index (χ3n) is 1.62. The normalized spacial score (nSPS) is 11.8.